The van der Waals surface area contributed by atoms with Crippen LogP contribution in [0.2, 0.25) is 0 Å². The molecule has 0 unspecified atom stereocenters. The lowest BCUT2D eigenvalue weighted by Crippen LogP contribution is -2.07. The molecule has 6 heteroatoms. The number of aromatic nitrogens is 3. The topological polar surface area (TPSA) is 74.1 Å². The van der Waals surface area contributed by atoms with E-state index >= 15 is 0 Å². The van der Waals surface area contributed by atoms with Crippen LogP contribution in [0.15, 0.2) is 73.2 Å². The number of benzene rings is 2. The van der Waals surface area contributed by atoms with Crippen LogP contribution in [0.1, 0.15) is 33.3 Å². The molecule has 138 valence electrons. The van der Waals surface area contributed by atoms with Crippen molar-refractivity contribution in [3.8, 4) is 5.69 Å². The molecule has 4 aromatic rings. The first-order chi connectivity index (χ1) is 13.6. The van der Waals surface area contributed by atoms with Crippen molar-refractivity contribution in [1.82, 2.24) is 14.5 Å². The molecule has 0 spiro atoms. The van der Waals surface area contributed by atoms with Gasteiger partial charge in [-0.25, -0.2) is 9.78 Å². The molecule has 0 aliphatic rings. The molecule has 6 nitrogen and oxygen atoms in total. The summed E-state index contributed by atoms with van der Waals surface area (Å²) in [5.74, 6) is -0.426. The molecular weight excluding hydrogens is 354 g/mol. The summed E-state index contributed by atoms with van der Waals surface area (Å²) in [7, 11) is 0. The lowest BCUT2D eigenvalue weighted by molar-refractivity contribution is 0.0467. The Morgan fingerprint density at radius 3 is 2.64 bits per heavy atom. The maximum absolute atomic E-state index is 12.4. The van der Waals surface area contributed by atoms with Gasteiger partial charge in [0, 0.05) is 17.4 Å². The molecule has 4 rings (SSSR count). The van der Waals surface area contributed by atoms with Crippen LogP contribution in [0.25, 0.3) is 16.7 Å². The average molecular weight is 371 g/mol. The van der Waals surface area contributed by atoms with Gasteiger partial charge in [0.2, 0.25) is 0 Å². The minimum Gasteiger partial charge on any atom is -0.456 e. The van der Waals surface area contributed by atoms with E-state index in [4.69, 9.17) is 4.74 Å². The standard InChI is InChI=1S/C22H17N3O3/c1-15(26)16-8-9-21-20(12-16)24-14-25(21)19-7-4-5-17(11-19)22(27)28-13-18-6-2-3-10-23-18/h2-12,14H,13H2,1H3. The first kappa shape index (κ1) is 17.6. The zero-order valence-corrected chi connectivity index (χ0v) is 15.2. The summed E-state index contributed by atoms with van der Waals surface area (Å²) in [4.78, 5) is 32.5. The van der Waals surface area contributed by atoms with E-state index in [1.807, 2.05) is 28.8 Å². The summed E-state index contributed by atoms with van der Waals surface area (Å²) in [6, 6.07) is 18.0. The molecule has 2 heterocycles. The highest BCUT2D eigenvalue weighted by molar-refractivity contribution is 5.97. The number of imidazole rings is 1. The third-order valence-electron chi connectivity index (χ3n) is 4.39. The largest absolute Gasteiger partial charge is 0.456 e. The highest BCUT2D eigenvalue weighted by atomic mass is 16.5. The second kappa shape index (κ2) is 7.44. The molecule has 28 heavy (non-hydrogen) atoms. The van der Waals surface area contributed by atoms with Crippen LogP contribution in [-0.4, -0.2) is 26.3 Å². The van der Waals surface area contributed by atoms with E-state index in [1.54, 1.807) is 48.9 Å². The van der Waals surface area contributed by atoms with Crippen molar-refractivity contribution in [3.05, 3.63) is 90.0 Å². The van der Waals surface area contributed by atoms with Crippen molar-refractivity contribution < 1.29 is 14.3 Å². The number of pyridine rings is 1. The average Bonchev–Trinajstić information content (AvgIpc) is 3.16. The fourth-order valence-corrected chi connectivity index (χ4v) is 2.93. The monoisotopic (exact) mass is 371 g/mol. The molecule has 2 aromatic heterocycles. The third kappa shape index (κ3) is 3.53. The van der Waals surface area contributed by atoms with Crippen molar-refractivity contribution in [2.45, 2.75) is 13.5 Å². The number of hydrogen-bond acceptors (Lipinski definition) is 5. The zero-order valence-electron chi connectivity index (χ0n) is 15.2. The summed E-state index contributed by atoms with van der Waals surface area (Å²) in [5.41, 5.74) is 4.10. The number of esters is 1. The van der Waals surface area contributed by atoms with E-state index in [2.05, 4.69) is 9.97 Å². The van der Waals surface area contributed by atoms with E-state index < -0.39 is 5.97 Å². The van der Waals surface area contributed by atoms with Crippen LogP contribution in [-0.2, 0) is 11.3 Å². The van der Waals surface area contributed by atoms with Crippen LogP contribution in [0.5, 0.6) is 0 Å². The highest BCUT2D eigenvalue weighted by Gasteiger charge is 2.12. The Labute approximate surface area is 161 Å². The number of carbonyl (C=O) groups excluding carboxylic acids is 2. The summed E-state index contributed by atoms with van der Waals surface area (Å²) >= 11 is 0. The summed E-state index contributed by atoms with van der Waals surface area (Å²) in [5, 5.41) is 0. The molecule has 0 aliphatic carbocycles. The van der Waals surface area contributed by atoms with Crippen molar-refractivity contribution >= 4 is 22.8 Å². The van der Waals surface area contributed by atoms with Gasteiger partial charge in [0.15, 0.2) is 5.78 Å². The Hall–Kier alpha value is -3.80. The maximum Gasteiger partial charge on any atom is 0.338 e. The van der Waals surface area contributed by atoms with Crippen molar-refractivity contribution in [1.29, 1.82) is 0 Å². The van der Waals surface area contributed by atoms with Gasteiger partial charge in [-0.3, -0.25) is 14.3 Å². The number of fused-ring (bicyclic) bond motifs is 1. The van der Waals surface area contributed by atoms with Crippen LogP contribution < -0.4 is 0 Å². The molecule has 0 radical (unpaired) electrons. The molecular formula is C22H17N3O3. The van der Waals surface area contributed by atoms with Gasteiger partial charge in [0.25, 0.3) is 0 Å². The number of nitrogens with zero attached hydrogens (tertiary/aromatic N) is 3. The lowest BCUT2D eigenvalue weighted by atomic mass is 10.1. The van der Waals surface area contributed by atoms with Gasteiger partial charge in [-0.05, 0) is 55.5 Å². The lowest BCUT2D eigenvalue weighted by Gasteiger charge is -2.08. The van der Waals surface area contributed by atoms with Gasteiger partial charge in [0.05, 0.1) is 22.3 Å². The predicted octanol–water partition coefficient (Wildman–Crippen LogP) is 3.98. The van der Waals surface area contributed by atoms with Gasteiger partial charge < -0.3 is 4.74 Å². The summed E-state index contributed by atoms with van der Waals surface area (Å²) in [6.45, 7) is 1.64. The maximum atomic E-state index is 12.4. The van der Waals surface area contributed by atoms with E-state index in [0.717, 1.165) is 16.7 Å². The van der Waals surface area contributed by atoms with Gasteiger partial charge in [-0.15, -0.1) is 0 Å². The number of Topliss-reactive ketones (excluding diaryl/α,β-unsaturated/α-hetero) is 1. The minimum absolute atomic E-state index is 0.00546. The van der Waals surface area contributed by atoms with E-state index in [0.29, 0.717) is 16.8 Å². The molecule has 0 bridgehead atoms. The molecule has 0 saturated carbocycles. The quantitative estimate of drug-likeness (QED) is 0.392. The highest BCUT2D eigenvalue weighted by Crippen LogP contribution is 2.21. The number of carbonyl (C=O) groups is 2. The van der Waals surface area contributed by atoms with E-state index in [9.17, 15) is 9.59 Å². The van der Waals surface area contributed by atoms with Crippen molar-refractivity contribution in [2.75, 3.05) is 0 Å². The minimum atomic E-state index is -0.421. The fraction of sp³-hybridized carbons (Fsp3) is 0.0909. The Bertz CT molecular complexity index is 1170. The van der Waals surface area contributed by atoms with Crippen LogP contribution in [0.3, 0.4) is 0 Å². The predicted molar refractivity (Wildman–Crippen MR) is 104 cm³/mol. The first-order valence-corrected chi connectivity index (χ1v) is 8.77. The molecule has 0 amide bonds. The SMILES string of the molecule is CC(=O)c1ccc2c(c1)ncn2-c1cccc(C(=O)OCc2ccccn2)c1. The smallest absolute Gasteiger partial charge is 0.338 e. The molecule has 0 saturated heterocycles. The van der Waals surface area contributed by atoms with Crippen LogP contribution in [0, 0.1) is 0 Å². The Balaban J connectivity index is 1.59. The Kier molecular flexibility index (Phi) is 4.68. The van der Waals surface area contributed by atoms with E-state index in [1.165, 1.54) is 6.92 Å². The summed E-state index contributed by atoms with van der Waals surface area (Å²) in [6.07, 6.45) is 3.33. The zero-order chi connectivity index (χ0) is 19.5. The second-order valence-corrected chi connectivity index (χ2v) is 6.32. The Morgan fingerprint density at radius 2 is 1.86 bits per heavy atom. The van der Waals surface area contributed by atoms with E-state index in [-0.39, 0.29) is 12.4 Å². The molecule has 2 aromatic carbocycles. The van der Waals surface area contributed by atoms with Crippen LogP contribution in [0.4, 0.5) is 0 Å². The molecule has 0 N–H and O–H groups in total. The van der Waals surface area contributed by atoms with Gasteiger partial charge in [0.1, 0.15) is 12.9 Å². The van der Waals surface area contributed by atoms with Gasteiger partial charge >= 0.3 is 5.97 Å². The molecule has 0 aliphatic heterocycles. The Morgan fingerprint density at radius 1 is 0.964 bits per heavy atom. The first-order valence-electron chi connectivity index (χ1n) is 8.77. The second-order valence-electron chi connectivity index (χ2n) is 6.32. The number of rotatable bonds is 5. The number of hydrogen-bond donors (Lipinski definition) is 0. The molecule has 0 atom stereocenters. The normalized spacial score (nSPS) is 10.8. The van der Waals surface area contributed by atoms with Crippen molar-refractivity contribution in [3.63, 3.8) is 0 Å². The van der Waals surface area contributed by atoms with Crippen LogP contribution >= 0.6 is 0 Å². The van der Waals surface area contributed by atoms with Crippen molar-refractivity contribution in [2.24, 2.45) is 0 Å². The number of ketones is 1. The van der Waals surface area contributed by atoms with Gasteiger partial charge in [-0.1, -0.05) is 12.1 Å². The molecule has 0 fully saturated rings. The fourth-order valence-electron chi connectivity index (χ4n) is 2.93. The third-order valence-corrected chi connectivity index (χ3v) is 4.39. The van der Waals surface area contributed by atoms with Gasteiger partial charge in [-0.2, -0.15) is 0 Å². The summed E-state index contributed by atoms with van der Waals surface area (Å²) < 4.78 is 7.22. The number of ether oxygens (including phenoxy) is 1.